The number of H-pyrrole nitrogens is 1. The molecule has 0 saturated heterocycles. The molecule has 8 nitrogen and oxygen atoms in total. The lowest BCUT2D eigenvalue weighted by Crippen LogP contribution is -2.19. The van der Waals surface area contributed by atoms with Crippen LogP contribution >= 0.6 is 0 Å². The first-order valence-electron chi connectivity index (χ1n) is 5.46. The standard InChI is InChI=1S/C10H11FN4O4S2/c1-6-13-5-10(14-6)21(18,19)15-8-4-7(11)2-3-9(8)20(12,16)17/h2-5,15H,1H3,(H,13,14)(H2,12,16,17). The molecule has 0 aliphatic rings. The van der Waals surface area contributed by atoms with Gasteiger partial charge in [-0.05, 0) is 25.1 Å². The number of imidazole rings is 1. The van der Waals surface area contributed by atoms with Gasteiger partial charge in [0.1, 0.15) is 16.5 Å². The van der Waals surface area contributed by atoms with Gasteiger partial charge in [-0.25, -0.2) is 22.9 Å². The number of aromatic amines is 1. The van der Waals surface area contributed by atoms with Crippen molar-refractivity contribution in [2.24, 2.45) is 5.14 Å². The molecule has 0 spiro atoms. The second-order valence-electron chi connectivity index (χ2n) is 4.12. The van der Waals surface area contributed by atoms with Crippen LogP contribution in [0.25, 0.3) is 0 Å². The molecule has 0 unspecified atom stereocenters. The largest absolute Gasteiger partial charge is 0.332 e. The number of aromatic nitrogens is 2. The summed E-state index contributed by atoms with van der Waals surface area (Å²) in [6.45, 7) is 1.54. The molecule has 0 radical (unpaired) electrons. The van der Waals surface area contributed by atoms with Crippen LogP contribution in [0.15, 0.2) is 34.3 Å². The Hall–Kier alpha value is -1.98. The van der Waals surface area contributed by atoms with Gasteiger partial charge in [0, 0.05) is 0 Å². The molecule has 0 atom stereocenters. The number of nitrogens with two attached hydrogens (primary N) is 1. The molecule has 2 rings (SSSR count). The highest BCUT2D eigenvalue weighted by molar-refractivity contribution is 7.93. The van der Waals surface area contributed by atoms with Gasteiger partial charge < -0.3 is 4.98 Å². The Bertz CT molecular complexity index is 890. The lowest BCUT2D eigenvalue weighted by molar-refractivity contribution is 0.596. The fourth-order valence-electron chi connectivity index (χ4n) is 1.56. The van der Waals surface area contributed by atoms with Crippen molar-refractivity contribution in [3.05, 3.63) is 36.0 Å². The molecule has 0 saturated carbocycles. The predicted molar refractivity (Wildman–Crippen MR) is 71.9 cm³/mol. The van der Waals surface area contributed by atoms with Gasteiger partial charge in [0.15, 0.2) is 5.03 Å². The Morgan fingerprint density at radius 3 is 2.48 bits per heavy atom. The van der Waals surface area contributed by atoms with E-state index in [2.05, 4.69) is 9.97 Å². The van der Waals surface area contributed by atoms with Crippen LogP contribution in [-0.4, -0.2) is 26.8 Å². The summed E-state index contributed by atoms with van der Waals surface area (Å²) in [6, 6.07) is 2.46. The minimum Gasteiger partial charge on any atom is -0.332 e. The highest BCUT2D eigenvalue weighted by Crippen LogP contribution is 2.24. The van der Waals surface area contributed by atoms with E-state index < -0.39 is 36.4 Å². The molecule has 0 aliphatic heterocycles. The number of nitrogens with zero attached hydrogens (tertiary/aromatic N) is 1. The molecule has 1 aromatic heterocycles. The van der Waals surface area contributed by atoms with Crippen LogP contribution in [0.5, 0.6) is 0 Å². The van der Waals surface area contributed by atoms with Crippen LogP contribution in [0.1, 0.15) is 5.82 Å². The highest BCUT2D eigenvalue weighted by atomic mass is 32.2. The lowest BCUT2D eigenvalue weighted by atomic mass is 10.3. The Balaban J connectivity index is 2.51. The van der Waals surface area contributed by atoms with Crippen LogP contribution in [0.4, 0.5) is 10.1 Å². The Labute approximate surface area is 120 Å². The number of halogens is 1. The van der Waals surface area contributed by atoms with Crippen molar-refractivity contribution in [1.29, 1.82) is 0 Å². The van der Waals surface area contributed by atoms with E-state index in [4.69, 9.17) is 5.14 Å². The molecule has 4 N–H and O–H groups in total. The molecule has 1 heterocycles. The molecular formula is C10H11FN4O4S2. The maximum atomic E-state index is 13.2. The molecule has 21 heavy (non-hydrogen) atoms. The van der Waals surface area contributed by atoms with Gasteiger partial charge in [-0.2, -0.15) is 8.42 Å². The summed E-state index contributed by atoms with van der Waals surface area (Å²) in [4.78, 5) is 5.66. The van der Waals surface area contributed by atoms with Crippen molar-refractivity contribution in [3.8, 4) is 0 Å². The monoisotopic (exact) mass is 334 g/mol. The van der Waals surface area contributed by atoms with E-state index in [1.807, 2.05) is 4.72 Å². The molecule has 114 valence electrons. The van der Waals surface area contributed by atoms with Crippen molar-refractivity contribution in [2.75, 3.05) is 4.72 Å². The molecule has 2 aromatic rings. The zero-order valence-electron chi connectivity index (χ0n) is 10.7. The van der Waals surface area contributed by atoms with Crippen LogP contribution in [0.3, 0.4) is 0 Å². The van der Waals surface area contributed by atoms with Gasteiger partial charge in [0.25, 0.3) is 10.0 Å². The quantitative estimate of drug-likeness (QED) is 0.739. The fraction of sp³-hybridized carbons (Fsp3) is 0.100. The topological polar surface area (TPSA) is 135 Å². The van der Waals surface area contributed by atoms with E-state index in [0.717, 1.165) is 24.4 Å². The van der Waals surface area contributed by atoms with Crippen molar-refractivity contribution in [2.45, 2.75) is 16.8 Å². The molecule has 0 bridgehead atoms. The number of anilines is 1. The third-order valence-corrected chi connectivity index (χ3v) is 4.71. The minimum absolute atomic E-state index is 0.287. The predicted octanol–water partition coefficient (Wildman–Crippen LogP) is 0.305. The molecule has 0 amide bonds. The third kappa shape index (κ3) is 3.37. The van der Waals surface area contributed by atoms with Gasteiger partial charge >= 0.3 is 0 Å². The van der Waals surface area contributed by atoms with E-state index in [9.17, 15) is 21.2 Å². The van der Waals surface area contributed by atoms with E-state index in [-0.39, 0.29) is 5.03 Å². The zero-order chi connectivity index (χ0) is 15.8. The first kappa shape index (κ1) is 15.4. The normalized spacial score (nSPS) is 12.3. The highest BCUT2D eigenvalue weighted by Gasteiger charge is 2.22. The molecule has 0 aliphatic carbocycles. The fourth-order valence-corrected chi connectivity index (χ4v) is 3.35. The summed E-state index contributed by atoms with van der Waals surface area (Å²) in [5.74, 6) is -0.470. The van der Waals surface area contributed by atoms with Gasteiger partial charge in [-0.15, -0.1) is 0 Å². The number of benzene rings is 1. The molecular weight excluding hydrogens is 323 g/mol. The Kier molecular flexibility index (Phi) is 3.74. The number of rotatable bonds is 4. The SMILES string of the molecule is Cc1ncc(S(=O)(=O)Nc2cc(F)ccc2S(N)(=O)=O)[nH]1. The number of sulfonamides is 2. The Morgan fingerprint density at radius 2 is 1.95 bits per heavy atom. The number of hydrogen-bond acceptors (Lipinski definition) is 5. The van der Waals surface area contributed by atoms with Crippen LogP contribution < -0.4 is 9.86 Å². The first-order chi connectivity index (χ1) is 9.59. The van der Waals surface area contributed by atoms with Crippen LogP contribution in [-0.2, 0) is 20.0 Å². The summed E-state index contributed by atoms with van der Waals surface area (Å²) in [6.07, 6.45) is 1.05. The first-order valence-corrected chi connectivity index (χ1v) is 8.49. The van der Waals surface area contributed by atoms with E-state index >= 15 is 0 Å². The summed E-state index contributed by atoms with van der Waals surface area (Å²) in [7, 11) is -8.37. The smallest absolute Gasteiger partial charge is 0.279 e. The average molecular weight is 334 g/mol. The summed E-state index contributed by atoms with van der Waals surface area (Å²) in [5, 5.41) is 4.68. The van der Waals surface area contributed by atoms with Gasteiger partial charge in [0.2, 0.25) is 10.0 Å². The zero-order valence-corrected chi connectivity index (χ0v) is 12.3. The Morgan fingerprint density at radius 1 is 1.29 bits per heavy atom. The second-order valence-corrected chi connectivity index (χ2v) is 7.30. The van der Waals surface area contributed by atoms with Crippen molar-refractivity contribution in [3.63, 3.8) is 0 Å². The van der Waals surface area contributed by atoms with Crippen molar-refractivity contribution in [1.82, 2.24) is 9.97 Å². The number of aryl methyl sites for hydroxylation is 1. The van der Waals surface area contributed by atoms with Gasteiger partial charge in [-0.1, -0.05) is 0 Å². The van der Waals surface area contributed by atoms with Gasteiger partial charge in [-0.3, -0.25) is 4.72 Å². The van der Waals surface area contributed by atoms with Crippen LogP contribution in [0.2, 0.25) is 0 Å². The van der Waals surface area contributed by atoms with E-state index in [0.29, 0.717) is 5.82 Å². The third-order valence-electron chi connectivity index (χ3n) is 2.46. The van der Waals surface area contributed by atoms with Crippen molar-refractivity contribution >= 4 is 25.7 Å². The summed E-state index contributed by atoms with van der Waals surface area (Å²) in [5.41, 5.74) is -0.482. The number of nitrogens with one attached hydrogen (secondary N) is 2. The second kappa shape index (κ2) is 5.09. The molecule has 11 heteroatoms. The minimum atomic E-state index is -4.22. The van der Waals surface area contributed by atoms with Crippen molar-refractivity contribution < 1.29 is 21.2 Å². The molecule has 0 fully saturated rings. The lowest BCUT2D eigenvalue weighted by Gasteiger charge is -2.10. The van der Waals surface area contributed by atoms with Gasteiger partial charge in [0.05, 0.1) is 11.9 Å². The number of hydrogen-bond donors (Lipinski definition) is 3. The van der Waals surface area contributed by atoms with Crippen LogP contribution in [0, 0.1) is 12.7 Å². The van der Waals surface area contributed by atoms with E-state index in [1.165, 1.54) is 6.92 Å². The maximum absolute atomic E-state index is 13.2. The molecule has 1 aromatic carbocycles. The average Bonchev–Trinajstić information content (AvgIpc) is 2.74. The maximum Gasteiger partial charge on any atom is 0.279 e. The van der Waals surface area contributed by atoms with E-state index in [1.54, 1.807) is 0 Å². The summed E-state index contributed by atoms with van der Waals surface area (Å²) < 4.78 is 62.1. The number of primary sulfonamides is 1. The summed E-state index contributed by atoms with van der Waals surface area (Å²) >= 11 is 0.